The number of nitrogens with zero attached hydrogens (tertiary/aromatic N) is 4. The van der Waals surface area contributed by atoms with E-state index in [1.807, 2.05) is 12.3 Å². The van der Waals surface area contributed by atoms with Crippen LogP contribution in [-0.4, -0.2) is 43.7 Å². The van der Waals surface area contributed by atoms with Crippen molar-refractivity contribution in [3.63, 3.8) is 0 Å². The molecule has 2 aromatic rings. The van der Waals surface area contributed by atoms with E-state index >= 15 is 0 Å². The highest BCUT2D eigenvalue weighted by Gasteiger charge is 2.49. The number of nitrogens with one attached hydrogen (secondary N) is 1. The van der Waals surface area contributed by atoms with Crippen LogP contribution < -0.4 is 10.1 Å². The molecule has 35 heavy (non-hydrogen) atoms. The number of hydrogen-bond donors (Lipinski definition) is 1. The summed E-state index contributed by atoms with van der Waals surface area (Å²) in [4.78, 5) is 38.4. The third kappa shape index (κ3) is 3.46. The second kappa shape index (κ2) is 7.90. The number of benzene rings is 1. The lowest BCUT2D eigenvalue weighted by Crippen LogP contribution is -2.52. The molecule has 1 saturated heterocycles. The molecule has 9 heteroatoms. The van der Waals surface area contributed by atoms with Crippen molar-refractivity contribution in [3.8, 4) is 5.75 Å². The highest BCUT2D eigenvalue weighted by Crippen LogP contribution is 2.58. The van der Waals surface area contributed by atoms with Crippen molar-refractivity contribution in [2.75, 3.05) is 0 Å². The normalized spacial score (nSPS) is 33.3. The lowest BCUT2D eigenvalue weighted by molar-refractivity contribution is -0.136. The summed E-state index contributed by atoms with van der Waals surface area (Å²) in [5, 5.41) is 11.2. The van der Waals surface area contributed by atoms with Crippen LogP contribution in [0.1, 0.15) is 72.6 Å². The Kier molecular flexibility index (Phi) is 4.76. The maximum atomic E-state index is 13.0. The van der Waals surface area contributed by atoms with Gasteiger partial charge in [-0.05, 0) is 74.3 Å². The van der Waals surface area contributed by atoms with Gasteiger partial charge in [0, 0.05) is 17.5 Å². The first kappa shape index (κ1) is 21.1. The van der Waals surface area contributed by atoms with Crippen LogP contribution in [0.15, 0.2) is 24.4 Å². The van der Waals surface area contributed by atoms with E-state index in [1.54, 1.807) is 17.0 Å². The van der Waals surface area contributed by atoms with Crippen molar-refractivity contribution in [3.05, 3.63) is 41.2 Å². The average molecular weight is 476 g/mol. The number of aromatic nitrogens is 3. The quantitative estimate of drug-likeness (QED) is 0.667. The first-order chi connectivity index (χ1) is 17.0. The zero-order chi connectivity index (χ0) is 23.7. The number of imide groups is 1. The molecule has 4 bridgehead atoms. The van der Waals surface area contributed by atoms with E-state index < -0.39 is 11.9 Å². The Balaban J connectivity index is 1.05. The minimum absolute atomic E-state index is 0.201. The van der Waals surface area contributed by atoms with Crippen molar-refractivity contribution < 1.29 is 19.1 Å². The van der Waals surface area contributed by atoms with Gasteiger partial charge >= 0.3 is 0 Å². The van der Waals surface area contributed by atoms with Crippen LogP contribution in [0.3, 0.4) is 0 Å². The van der Waals surface area contributed by atoms with Crippen molar-refractivity contribution in [1.29, 1.82) is 0 Å². The average Bonchev–Trinajstić information content (AvgIpc) is 3.42. The number of rotatable bonds is 5. The summed E-state index contributed by atoms with van der Waals surface area (Å²) in [5.74, 6) is 3.01. The fourth-order valence-electron chi connectivity index (χ4n) is 7.70. The van der Waals surface area contributed by atoms with Gasteiger partial charge in [0.05, 0.1) is 18.8 Å². The summed E-state index contributed by atoms with van der Waals surface area (Å²) in [7, 11) is 0. The van der Waals surface area contributed by atoms with Crippen LogP contribution in [0.25, 0.3) is 0 Å². The molecular weight excluding hydrogens is 446 g/mol. The smallest absolute Gasteiger partial charge is 0.255 e. The predicted octanol–water partition coefficient (Wildman–Crippen LogP) is 2.62. The monoisotopic (exact) mass is 475 g/mol. The highest BCUT2D eigenvalue weighted by molar-refractivity contribution is 6.05. The molecule has 6 aliphatic rings. The first-order valence-corrected chi connectivity index (χ1v) is 12.8. The Labute approximate surface area is 203 Å². The Bertz CT molecular complexity index is 1190. The molecule has 8 rings (SSSR count). The Morgan fingerprint density at radius 1 is 1.03 bits per heavy atom. The summed E-state index contributed by atoms with van der Waals surface area (Å²) in [6, 6.07) is 5.23. The van der Waals surface area contributed by atoms with E-state index in [2.05, 4.69) is 20.3 Å². The molecule has 1 aromatic heterocycles. The second-order valence-electron chi connectivity index (χ2n) is 11.1. The predicted molar refractivity (Wildman–Crippen MR) is 123 cm³/mol. The Morgan fingerprint density at radius 2 is 1.80 bits per heavy atom. The van der Waals surface area contributed by atoms with Crippen LogP contribution in [0, 0.1) is 23.7 Å². The minimum Gasteiger partial charge on any atom is -0.487 e. The zero-order valence-corrected chi connectivity index (χ0v) is 19.6. The summed E-state index contributed by atoms with van der Waals surface area (Å²) >= 11 is 0. The zero-order valence-electron chi connectivity index (χ0n) is 19.6. The van der Waals surface area contributed by atoms with E-state index in [-0.39, 0.29) is 31.4 Å². The summed E-state index contributed by atoms with van der Waals surface area (Å²) < 4.78 is 8.22. The van der Waals surface area contributed by atoms with Gasteiger partial charge in [0.25, 0.3) is 5.91 Å². The van der Waals surface area contributed by atoms with Gasteiger partial charge in [-0.2, -0.15) is 0 Å². The number of ether oxygens (including phenoxy) is 1. The topological polar surface area (TPSA) is 106 Å². The fraction of sp³-hybridized carbons (Fsp3) is 0.577. The van der Waals surface area contributed by atoms with E-state index in [1.165, 1.54) is 32.1 Å². The standard InChI is InChI=1S/C26H29N5O4/c32-23-5-4-21(25(33)27-23)30-12-20-19(26(30)34)2-1-3-22(20)35-13-18-11-31(29-28-18)24-16-7-14-6-15(9-16)10-17(24)8-14/h1-3,11,14-17,21,24H,4-10,12-13H2,(H,27,32,33). The SMILES string of the molecule is O=C1CCC(N2Cc3c(OCc4cn(C5C6CC7CC(C6)CC5C7)nn4)cccc3C2=O)C(=O)N1. The van der Waals surface area contributed by atoms with Crippen LogP contribution >= 0.6 is 0 Å². The number of carbonyl (C=O) groups is 3. The molecule has 4 saturated carbocycles. The molecule has 3 amide bonds. The molecule has 182 valence electrons. The van der Waals surface area contributed by atoms with Gasteiger partial charge in [-0.3, -0.25) is 19.7 Å². The van der Waals surface area contributed by atoms with E-state index in [0.717, 1.165) is 34.9 Å². The highest BCUT2D eigenvalue weighted by atomic mass is 16.5. The molecule has 0 spiro atoms. The molecule has 0 radical (unpaired) electrons. The maximum absolute atomic E-state index is 13.0. The van der Waals surface area contributed by atoms with E-state index in [4.69, 9.17) is 4.74 Å². The van der Waals surface area contributed by atoms with Crippen molar-refractivity contribution in [1.82, 2.24) is 25.2 Å². The summed E-state index contributed by atoms with van der Waals surface area (Å²) in [5.41, 5.74) is 2.10. The molecular formula is C26H29N5O4. The Morgan fingerprint density at radius 3 is 2.54 bits per heavy atom. The van der Waals surface area contributed by atoms with Gasteiger partial charge in [-0.25, -0.2) is 4.68 Å². The summed E-state index contributed by atoms with van der Waals surface area (Å²) in [6.45, 7) is 0.563. The lowest BCUT2D eigenvalue weighted by Gasteiger charge is -2.54. The van der Waals surface area contributed by atoms with Gasteiger partial charge in [0.1, 0.15) is 24.1 Å². The fourth-order valence-corrected chi connectivity index (χ4v) is 7.70. The van der Waals surface area contributed by atoms with Gasteiger partial charge in [-0.1, -0.05) is 11.3 Å². The van der Waals surface area contributed by atoms with Crippen LogP contribution in [0.4, 0.5) is 0 Å². The van der Waals surface area contributed by atoms with Crippen LogP contribution in [-0.2, 0) is 22.7 Å². The molecule has 1 aromatic carbocycles. The molecule has 2 aliphatic heterocycles. The van der Waals surface area contributed by atoms with Gasteiger partial charge in [0.15, 0.2) is 0 Å². The molecule has 1 N–H and O–H groups in total. The van der Waals surface area contributed by atoms with Crippen molar-refractivity contribution in [2.45, 2.75) is 70.2 Å². The minimum atomic E-state index is -0.638. The molecule has 1 atom stereocenters. The third-order valence-electron chi connectivity index (χ3n) is 8.95. The van der Waals surface area contributed by atoms with Gasteiger partial charge in [0.2, 0.25) is 11.8 Å². The first-order valence-electron chi connectivity index (χ1n) is 12.8. The van der Waals surface area contributed by atoms with E-state index in [0.29, 0.717) is 23.8 Å². The molecule has 9 nitrogen and oxygen atoms in total. The summed E-state index contributed by atoms with van der Waals surface area (Å²) in [6.07, 6.45) is 9.37. The largest absolute Gasteiger partial charge is 0.487 e. The molecule has 5 fully saturated rings. The maximum Gasteiger partial charge on any atom is 0.255 e. The number of fused-ring (bicyclic) bond motifs is 1. The van der Waals surface area contributed by atoms with Crippen molar-refractivity contribution >= 4 is 17.7 Å². The number of piperidine rings is 1. The Hall–Kier alpha value is -3.23. The van der Waals surface area contributed by atoms with Gasteiger partial charge < -0.3 is 9.64 Å². The number of carbonyl (C=O) groups excluding carboxylic acids is 3. The third-order valence-corrected chi connectivity index (χ3v) is 8.95. The molecule has 4 aliphatic carbocycles. The lowest BCUT2D eigenvalue weighted by atomic mass is 9.54. The second-order valence-corrected chi connectivity index (χ2v) is 11.1. The van der Waals surface area contributed by atoms with Crippen LogP contribution in [0.5, 0.6) is 5.75 Å². The van der Waals surface area contributed by atoms with Gasteiger partial charge in [-0.15, -0.1) is 5.10 Å². The number of hydrogen-bond acceptors (Lipinski definition) is 6. The van der Waals surface area contributed by atoms with E-state index in [9.17, 15) is 14.4 Å². The van der Waals surface area contributed by atoms with Crippen LogP contribution in [0.2, 0.25) is 0 Å². The molecule has 3 heterocycles. The van der Waals surface area contributed by atoms with Crippen molar-refractivity contribution in [2.24, 2.45) is 23.7 Å². The molecule has 1 unspecified atom stereocenters. The number of amides is 3.